The smallest absolute Gasteiger partial charge is 0.258 e. The Labute approximate surface area is 146 Å². The number of carbonyl (C=O) groups excluding carboxylic acids is 1. The summed E-state index contributed by atoms with van der Waals surface area (Å²) in [6, 6.07) is 7.22. The van der Waals surface area contributed by atoms with Crippen molar-refractivity contribution >= 4 is 5.91 Å². The summed E-state index contributed by atoms with van der Waals surface area (Å²) in [4.78, 5) is 16.2. The van der Waals surface area contributed by atoms with Crippen LogP contribution in [0.3, 0.4) is 0 Å². The lowest BCUT2D eigenvalue weighted by molar-refractivity contribution is -0.123. The lowest BCUT2D eigenvalue weighted by Gasteiger charge is -2.11. The number of nitrogens with zero attached hydrogens (tertiary/aromatic N) is 2. The highest BCUT2D eigenvalue weighted by Crippen LogP contribution is 2.22. The molecule has 1 aliphatic heterocycles. The summed E-state index contributed by atoms with van der Waals surface area (Å²) in [5.74, 6) is 1.83. The molecule has 0 saturated carbocycles. The first-order valence-corrected chi connectivity index (χ1v) is 8.57. The molecule has 1 aromatic carbocycles. The van der Waals surface area contributed by atoms with Crippen molar-refractivity contribution in [3.8, 4) is 17.2 Å². The van der Waals surface area contributed by atoms with E-state index in [4.69, 9.17) is 14.0 Å². The van der Waals surface area contributed by atoms with E-state index in [1.54, 1.807) is 12.1 Å². The molecule has 1 aliphatic rings. The van der Waals surface area contributed by atoms with Gasteiger partial charge in [-0.2, -0.15) is 4.98 Å². The van der Waals surface area contributed by atoms with E-state index < -0.39 is 0 Å². The van der Waals surface area contributed by atoms with Crippen LogP contribution in [-0.2, 0) is 9.53 Å². The first kappa shape index (κ1) is 17.4. The van der Waals surface area contributed by atoms with Crippen molar-refractivity contribution in [2.75, 3.05) is 19.8 Å². The van der Waals surface area contributed by atoms with Crippen LogP contribution in [0.2, 0.25) is 0 Å². The van der Waals surface area contributed by atoms with Crippen molar-refractivity contribution in [1.82, 2.24) is 15.5 Å². The molecular weight excluding hydrogens is 322 g/mol. The fraction of sp³-hybridized carbons (Fsp3) is 0.500. The molecule has 1 fully saturated rings. The molecule has 1 N–H and O–H groups in total. The lowest BCUT2D eigenvalue weighted by Crippen LogP contribution is -2.35. The first-order valence-electron chi connectivity index (χ1n) is 8.57. The maximum absolute atomic E-state index is 11.8. The van der Waals surface area contributed by atoms with Gasteiger partial charge >= 0.3 is 0 Å². The number of ether oxygens (including phenoxy) is 2. The van der Waals surface area contributed by atoms with Crippen LogP contribution in [0, 0.1) is 0 Å². The zero-order chi connectivity index (χ0) is 17.6. The van der Waals surface area contributed by atoms with Gasteiger partial charge in [0.2, 0.25) is 0 Å². The standard InChI is InChI=1S/C18H23N3O4/c1-12(2)17-20-18(25-21-17)13-5-7-14(8-6-13)24-11-16(22)19-10-15-4-3-9-23-15/h5-8,12,15H,3-4,9-11H2,1-2H3,(H,19,22)/t15-/m1/s1. The van der Waals surface area contributed by atoms with Gasteiger partial charge in [-0.25, -0.2) is 0 Å². The number of benzene rings is 1. The van der Waals surface area contributed by atoms with Gasteiger partial charge in [0, 0.05) is 24.6 Å². The highest BCUT2D eigenvalue weighted by molar-refractivity contribution is 5.77. The van der Waals surface area contributed by atoms with Crippen molar-refractivity contribution in [1.29, 1.82) is 0 Å². The number of rotatable bonds is 7. The van der Waals surface area contributed by atoms with Crippen molar-refractivity contribution in [2.45, 2.75) is 38.7 Å². The number of hydrogen-bond acceptors (Lipinski definition) is 6. The molecule has 0 unspecified atom stereocenters. The zero-order valence-corrected chi connectivity index (χ0v) is 14.5. The van der Waals surface area contributed by atoms with E-state index in [-0.39, 0.29) is 24.5 Å². The highest BCUT2D eigenvalue weighted by Gasteiger charge is 2.16. The minimum atomic E-state index is -0.155. The summed E-state index contributed by atoms with van der Waals surface area (Å²) < 4.78 is 16.2. The van der Waals surface area contributed by atoms with Gasteiger partial charge in [0.15, 0.2) is 12.4 Å². The molecule has 1 aromatic heterocycles. The van der Waals surface area contributed by atoms with Gasteiger partial charge in [-0.1, -0.05) is 19.0 Å². The third-order valence-corrected chi connectivity index (χ3v) is 3.98. The molecule has 0 aliphatic carbocycles. The van der Waals surface area contributed by atoms with E-state index in [9.17, 15) is 4.79 Å². The summed E-state index contributed by atoms with van der Waals surface area (Å²) in [5, 5.41) is 6.77. The predicted molar refractivity (Wildman–Crippen MR) is 91.3 cm³/mol. The molecule has 25 heavy (non-hydrogen) atoms. The molecule has 134 valence electrons. The number of hydrogen-bond donors (Lipinski definition) is 1. The third kappa shape index (κ3) is 4.79. The molecule has 7 nitrogen and oxygen atoms in total. The fourth-order valence-electron chi connectivity index (χ4n) is 2.51. The molecular formula is C18H23N3O4. The Morgan fingerprint density at radius 2 is 2.16 bits per heavy atom. The minimum Gasteiger partial charge on any atom is -0.484 e. The second-order valence-electron chi connectivity index (χ2n) is 6.36. The quantitative estimate of drug-likeness (QED) is 0.830. The van der Waals surface area contributed by atoms with Crippen molar-refractivity contribution in [3.05, 3.63) is 30.1 Å². The molecule has 3 rings (SSSR count). The molecule has 1 amide bonds. The van der Waals surface area contributed by atoms with Crippen LogP contribution in [0.15, 0.2) is 28.8 Å². The van der Waals surface area contributed by atoms with E-state index >= 15 is 0 Å². The average Bonchev–Trinajstić information content (AvgIpc) is 3.30. The second kappa shape index (κ2) is 8.11. The van der Waals surface area contributed by atoms with Crippen LogP contribution in [0.25, 0.3) is 11.5 Å². The summed E-state index contributed by atoms with van der Waals surface area (Å²) >= 11 is 0. The Kier molecular flexibility index (Phi) is 5.65. The Hall–Kier alpha value is -2.41. The van der Waals surface area contributed by atoms with Gasteiger partial charge in [0.1, 0.15) is 5.75 Å². The fourth-order valence-corrected chi connectivity index (χ4v) is 2.51. The summed E-state index contributed by atoms with van der Waals surface area (Å²) in [6.07, 6.45) is 2.19. The monoisotopic (exact) mass is 345 g/mol. The van der Waals surface area contributed by atoms with Crippen LogP contribution in [0.4, 0.5) is 0 Å². The molecule has 0 bridgehead atoms. The van der Waals surface area contributed by atoms with E-state index in [0.717, 1.165) is 25.0 Å². The second-order valence-corrected chi connectivity index (χ2v) is 6.36. The van der Waals surface area contributed by atoms with Crippen molar-refractivity contribution < 1.29 is 18.8 Å². The van der Waals surface area contributed by atoms with Gasteiger partial charge in [-0.05, 0) is 37.1 Å². The van der Waals surface area contributed by atoms with Gasteiger partial charge in [0.05, 0.1) is 6.10 Å². The van der Waals surface area contributed by atoms with Gasteiger partial charge in [0.25, 0.3) is 11.8 Å². The van der Waals surface area contributed by atoms with E-state index in [0.29, 0.717) is 24.0 Å². The van der Waals surface area contributed by atoms with Crippen molar-refractivity contribution in [2.24, 2.45) is 0 Å². The maximum atomic E-state index is 11.8. The third-order valence-electron chi connectivity index (χ3n) is 3.98. The Bertz CT molecular complexity index is 691. The summed E-state index contributed by atoms with van der Waals surface area (Å²) in [6.45, 7) is 5.31. The molecule has 1 atom stereocenters. The van der Waals surface area contributed by atoms with E-state index in [1.807, 2.05) is 26.0 Å². The zero-order valence-electron chi connectivity index (χ0n) is 14.5. The van der Waals surface area contributed by atoms with E-state index in [1.165, 1.54) is 0 Å². The summed E-state index contributed by atoms with van der Waals surface area (Å²) in [5.41, 5.74) is 0.814. The first-order chi connectivity index (χ1) is 12.1. The number of aromatic nitrogens is 2. The van der Waals surface area contributed by atoms with Gasteiger partial charge in [-0.15, -0.1) is 0 Å². The SMILES string of the molecule is CC(C)c1noc(-c2ccc(OCC(=O)NC[C@H]3CCCO3)cc2)n1. The topological polar surface area (TPSA) is 86.5 Å². The molecule has 2 aromatic rings. The number of nitrogens with one attached hydrogen (secondary N) is 1. The molecule has 0 spiro atoms. The van der Waals surface area contributed by atoms with Crippen LogP contribution < -0.4 is 10.1 Å². The Morgan fingerprint density at radius 1 is 1.36 bits per heavy atom. The lowest BCUT2D eigenvalue weighted by atomic mass is 10.2. The summed E-state index contributed by atoms with van der Waals surface area (Å²) in [7, 11) is 0. The number of amides is 1. The minimum absolute atomic E-state index is 0.0237. The van der Waals surface area contributed by atoms with Gasteiger partial charge < -0.3 is 19.3 Å². The molecule has 2 heterocycles. The van der Waals surface area contributed by atoms with Gasteiger partial charge in [-0.3, -0.25) is 4.79 Å². The predicted octanol–water partition coefficient (Wildman–Crippen LogP) is 2.53. The molecule has 7 heteroatoms. The van der Waals surface area contributed by atoms with Crippen LogP contribution in [-0.4, -0.2) is 41.9 Å². The Morgan fingerprint density at radius 3 is 2.80 bits per heavy atom. The highest BCUT2D eigenvalue weighted by atomic mass is 16.5. The molecule has 1 saturated heterocycles. The van der Waals surface area contributed by atoms with Crippen LogP contribution in [0.1, 0.15) is 38.4 Å². The maximum Gasteiger partial charge on any atom is 0.258 e. The number of carbonyl (C=O) groups is 1. The van der Waals surface area contributed by atoms with Crippen LogP contribution >= 0.6 is 0 Å². The van der Waals surface area contributed by atoms with Crippen molar-refractivity contribution in [3.63, 3.8) is 0 Å². The largest absolute Gasteiger partial charge is 0.484 e. The van der Waals surface area contributed by atoms with E-state index in [2.05, 4.69) is 15.5 Å². The molecule has 0 radical (unpaired) electrons. The van der Waals surface area contributed by atoms with Crippen LogP contribution in [0.5, 0.6) is 5.75 Å². The Balaban J connectivity index is 1.47. The normalized spacial score (nSPS) is 17.0. The average molecular weight is 345 g/mol.